The molecule has 0 atom stereocenters. The largest absolute Gasteiger partial charge is 0.477 e. The minimum atomic E-state index is -1.22. The van der Waals surface area contributed by atoms with Crippen molar-refractivity contribution in [3.8, 4) is 0 Å². The van der Waals surface area contributed by atoms with E-state index < -0.39 is 11.4 Å². The number of carboxylic acids is 1. The highest BCUT2D eigenvalue weighted by atomic mass is 16.4. The second kappa shape index (κ2) is 4.60. The first-order chi connectivity index (χ1) is 8.58. The van der Waals surface area contributed by atoms with Gasteiger partial charge in [-0.1, -0.05) is 13.8 Å². The van der Waals surface area contributed by atoms with E-state index in [0.717, 1.165) is 12.1 Å². The Balaban J connectivity index is 2.88. The summed E-state index contributed by atoms with van der Waals surface area (Å²) < 4.78 is 0. The lowest BCUT2D eigenvalue weighted by Gasteiger charge is -2.07. The Morgan fingerprint density at radius 2 is 2.11 bits per heavy atom. The van der Waals surface area contributed by atoms with E-state index in [4.69, 9.17) is 5.11 Å². The van der Waals surface area contributed by atoms with Crippen LogP contribution in [-0.4, -0.2) is 21.0 Å². The first-order valence-electron chi connectivity index (χ1n) is 5.86. The fourth-order valence-corrected chi connectivity index (χ4v) is 1.97. The zero-order chi connectivity index (χ0) is 13.3. The summed E-state index contributed by atoms with van der Waals surface area (Å²) >= 11 is 0. The molecular formula is C13H14N2O3. The number of hydrogen-bond acceptors (Lipinski definition) is 3. The predicted octanol–water partition coefficient (Wildman–Crippen LogP) is 1.75. The predicted molar refractivity (Wildman–Crippen MR) is 68.1 cm³/mol. The number of pyridine rings is 2. The summed E-state index contributed by atoms with van der Waals surface area (Å²) in [6, 6.07) is 1.79. The first kappa shape index (κ1) is 12.3. The topological polar surface area (TPSA) is 83.0 Å². The Morgan fingerprint density at radius 3 is 2.67 bits per heavy atom. The molecule has 2 rings (SSSR count). The molecule has 0 aromatic carbocycles. The number of rotatable bonds is 3. The van der Waals surface area contributed by atoms with Crippen LogP contribution in [0.4, 0.5) is 0 Å². The number of fused-ring (bicyclic) bond motifs is 1. The number of aryl methyl sites for hydroxylation is 2. The molecule has 5 nitrogen and oxygen atoms in total. The highest BCUT2D eigenvalue weighted by Crippen LogP contribution is 2.15. The standard InChI is InChI=1S/C13H14N2O3/c1-3-7-5-10-11(9(4-2)15-7)12(16)8(6-14-10)13(17)18/h5-6H,3-4H2,1-2H3,(H,14,16)(H,17,18). The van der Waals surface area contributed by atoms with Crippen molar-refractivity contribution in [1.29, 1.82) is 0 Å². The van der Waals surface area contributed by atoms with Crippen LogP contribution in [0.25, 0.3) is 10.9 Å². The van der Waals surface area contributed by atoms with Gasteiger partial charge in [0.2, 0.25) is 5.43 Å². The van der Waals surface area contributed by atoms with Gasteiger partial charge in [-0.2, -0.15) is 0 Å². The zero-order valence-electron chi connectivity index (χ0n) is 10.3. The Hall–Kier alpha value is -2.17. The normalized spacial score (nSPS) is 10.8. The molecule has 0 amide bonds. The second-order valence-electron chi connectivity index (χ2n) is 4.03. The van der Waals surface area contributed by atoms with Crippen LogP contribution in [0.3, 0.4) is 0 Å². The molecule has 0 unspecified atom stereocenters. The fourth-order valence-electron chi connectivity index (χ4n) is 1.97. The number of aromatic nitrogens is 2. The van der Waals surface area contributed by atoms with Gasteiger partial charge in [0, 0.05) is 11.9 Å². The van der Waals surface area contributed by atoms with Gasteiger partial charge in [-0.05, 0) is 18.9 Å². The van der Waals surface area contributed by atoms with Crippen molar-refractivity contribution in [3.63, 3.8) is 0 Å². The SMILES string of the molecule is CCc1cc2[nH]cc(C(=O)O)c(=O)c2c(CC)n1. The van der Waals surface area contributed by atoms with Gasteiger partial charge in [-0.15, -0.1) is 0 Å². The Kier molecular flexibility index (Phi) is 3.14. The fraction of sp³-hybridized carbons (Fsp3) is 0.308. The summed E-state index contributed by atoms with van der Waals surface area (Å²) in [5.41, 5.74) is 1.46. The molecule has 2 aromatic heterocycles. The molecule has 2 aromatic rings. The number of H-pyrrole nitrogens is 1. The Bertz CT molecular complexity index is 674. The van der Waals surface area contributed by atoms with Gasteiger partial charge >= 0.3 is 5.97 Å². The van der Waals surface area contributed by atoms with Crippen molar-refractivity contribution in [2.75, 3.05) is 0 Å². The third-order valence-corrected chi connectivity index (χ3v) is 2.92. The number of nitrogens with one attached hydrogen (secondary N) is 1. The number of carbonyl (C=O) groups is 1. The highest BCUT2D eigenvalue weighted by Gasteiger charge is 2.15. The molecule has 5 heteroatoms. The molecule has 0 saturated carbocycles. The zero-order valence-corrected chi connectivity index (χ0v) is 10.3. The van der Waals surface area contributed by atoms with Crippen LogP contribution in [0.15, 0.2) is 17.1 Å². The molecular weight excluding hydrogens is 232 g/mol. The van der Waals surface area contributed by atoms with Gasteiger partial charge in [-0.3, -0.25) is 9.78 Å². The first-order valence-corrected chi connectivity index (χ1v) is 5.86. The number of aromatic amines is 1. The third-order valence-electron chi connectivity index (χ3n) is 2.92. The average Bonchev–Trinajstić information content (AvgIpc) is 2.37. The number of hydrogen-bond donors (Lipinski definition) is 2. The molecule has 2 N–H and O–H groups in total. The van der Waals surface area contributed by atoms with E-state index in [-0.39, 0.29) is 5.56 Å². The van der Waals surface area contributed by atoms with Crippen LogP contribution >= 0.6 is 0 Å². The maximum atomic E-state index is 12.1. The second-order valence-corrected chi connectivity index (χ2v) is 4.03. The van der Waals surface area contributed by atoms with Crippen molar-refractivity contribution in [1.82, 2.24) is 9.97 Å². The number of nitrogens with zero attached hydrogens (tertiary/aromatic N) is 1. The van der Waals surface area contributed by atoms with E-state index in [1.54, 1.807) is 6.07 Å². The lowest BCUT2D eigenvalue weighted by molar-refractivity contribution is 0.0695. The van der Waals surface area contributed by atoms with Crippen molar-refractivity contribution in [3.05, 3.63) is 39.4 Å². The molecule has 0 aliphatic heterocycles. The van der Waals surface area contributed by atoms with Crippen LogP contribution in [0.5, 0.6) is 0 Å². The molecule has 94 valence electrons. The molecule has 0 aliphatic carbocycles. The van der Waals surface area contributed by atoms with Crippen LogP contribution < -0.4 is 5.43 Å². The lowest BCUT2D eigenvalue weighted by atomic mass is 10.1. The molecule has 0 bridgehead atoms. The summed E-state index contributed by atoms with van der Waals surface area (Å²) in [7, 11) is 0. The van der Waals surface area contributed by atoms with E-state index in [0.29, 0.717) is 23.0 Å². The van der Waals surface area contributed by atoms with Crippen molar-refractivity contribution in [2.45, 2.75) is 26.7 Å². The van der Waals surface area contributed by atoms with E-state index in [1.807, 2.05) is 13.8 Å². The molecule has 0 aliphatic rings. The quantitative estimate of drug-likeness (QED) is 0.864. The van der Waals surface area contributed by atoms with Gasteiger partial charge in [0.05, 0.1) is 16.6 Å². The molecule has 18 heavy (non-hydrogen) atoms. The molecule has 0 radical (unpaired) electrons. The molecule has 0 saturated heterocycles. The number of carboxylic acid groups (broad SMARTS) is 1. The van der Waals surface area contributed by atoms with Gasteiger partial charge in [-0.25, -0.2) is 4.79 Å². The smallest absolute Gasteiger partial charge is 0.341 e. The van der Waals surface area contributed by atoms with Gasteiger partial charge < -0.3 is 10.1 Å². The van der Waals surface area contributed by atoms with Gasteiger partial charge in [0.1, 0.15) is 5.56 Å². The van der Waals surface area contributed by atoms with E-state index in [9.17, 15) is 9.59 Å². The summed E-state index contributed by atoms with van der Waals surface area (Å²) in [5.74, 6) is -1.22. The Morgan fingerprint density at radius 1 is 1.39 bits per heavy atom. The summed E-state index contributed by atoms with van der Waals surface area (Å²) in [6.07, 6.45) is 2.61. The maximum Gasteiger partial charge on any atom is 0.341 e. The molecule has 0 fully saturated rings. The summed E-state index contributed by atoms with van der Waals surface area (Å²) in [4.78, 5) is 30.3. The van der Waals surface area contributed by atoms with E-state index in [2.05, 4.69) is 9.97 Å². The highest BCUT2D eigenvalue weighted by molar-refractivity contribution is 5.93. The summed E-state index contributed by atoms with van der Waals surface area (Å²) in [5, 5.41) is 9.33. The minimum Gasteiger partial charge on any atom is -0.477 e. The van der Waals surface area contributed by atoms with E-state index in [1.165, 1.54) is 6.20 Å². The average molecular weight is 246 g/mol. The van der Waals surface area contributed by atoms with E-state index >= 15 is 0 Å². The van der Waals surface area contributed by atoms with Gasteiger partial charge in [0.15, 0.2) is 0 Å². The lowest BCUT2D eigenvalue weighted by Crippen LogP contribution is -2.17. The van der Waals surface area contributed by atoms with Crippen LogP contribution in [0, 0.1) is 0 Å². The number of aromatic carboxylic acids is 1. The summed E-state index contributed by atoms with van der Waals surface area (Å²) in [6.45, 7) is 3.88. The van der Waals surface area contributed by atoms with Crippen LogP contribution in [-0.2, 0) is 12.8 Å². The monoisotopic (exact) mass is 246 g/mol. The van der Waals surface area contributed by atoms with Crippen molar-refractivity contribution >= 4 is 16.9 Å². The Labute approximate surface area is 103 Å². The molecule has 0 spiro atoms. The van der Waals surface area contributed by atoms with Crippen molar-refractivity contribution in [2.24, 2.45) is 0 Å². The molecule has 2 heterocycles. The third kappa shape index (κ3) is 1.88. The van der Waals surface area contributed by atoms with Gasteiger partial charge in [0.25, 0.3) is 0 Å². The van der Waals surface area contributed by atoms with Crippen LogP contribution in [0.1, 0.15) is 35.6 Å². The van der Waals surface area contributed by atoms with Crippen LogP contribution in [0.2, 0.25) is 0 Å². The minimum absolute atomic E-state index is 0.247. The maximum absolute atomic E-state index is 12.1. The van der Waals surface area contributed by atoms with Crippen molar-refractivity contribution < 1.29 is 9.90 Å².